The Balaban J connectivity index is 1.61. The highest BCUT2D eigenvalue weighted by atomic mass is 16.5. The molecule has 0 radical (unpaired) electrons. The van der Waals surface area contributed by atoms with E-state index in [1.165, 1.54) is 7.05 Å². The van der Waals surface area contributed by atoms with E-state index >= 15 is 0 Å². The van der Waals surface area contributed by atoms with Crippen molar-refractivity contribution in [3.05, 3.63) is 104 Å². The first-order valence-corrected chi connectivity index (χ1v) is 10.6. The van der Waals surface area contributed by atoms with E-state index < -0.39 is 35.2 Å². The number of nitrogen functional groups attached to an aromatic ring is 1. The third-order valence-corrected chi connectivity index (χ3v) is 5.49. The Hall–Kier alpha value is -4.73. The molecule has 2 heterocycles. The highest BCUT2D eigenvalue weighted by Gasteiger charge is 2.26. The zero-order valence-corrected chi connectivity index (χ0v) is 19.1. The first kappa shape index (κ1) is 23.4. The average Bonchev–Trinajstić information content (AvgIpc) is 3.26. The molecule has 0 spiro atoms. The number of ether oxygens (including phenoxy) is 1. The van der Waals surface area contributed by atoms with Gasteiger partial charge in [0.2, 0.25) is 5.78 Å². The van der Waals surface area contributed by atoms with Gasteiger partial charge in [0.05, 0.1) is 6.54 Å². The van der Waals surface area contributed by atoms with Gasteiger partial charge in [0.1, 0.15) is 28.4 Å². The standard InChI is InChI=1S/C25H22N4O6/c1-15-19(21(27-35-15)17-11-7-4-8-12-17)24(32)34-14-18(30)20-22(26)29(25(33)28(2)23(20)31)13-16-9-5-3-6-10-16/h3-12H,13-14,26H2,1-2H3. The van der Waals surface area contributed by atoms with Crippen molar-refractivity contribution >= 4 is 17.6 Å². The Bertz CT molecular complexity index is 1520. The minimum absolute atomic E-state index is 0.0556. The summed E-state index contributed by atoms with van der Waals surface area (Å²) in [6, 6.07) is 17.8. The molecule has 0 amide bonds. The lowest BCUT2D eigenvalue weighted by Gasteiger charge is -2.14. The lowest BCUT2D eigenvalue weighted by atomic mass is 10.1. The van der Waals surface area contributed by atoms with E-state index in [0.29, 0.717) is 5.56 Å². The molecule has 0 saturated heterocycles. The highest BCUT2D eigenvalue weighted by molar-refractivity contribution is 6.03. The quantitative estimate of drug-likeness (QED) is 0.318. The van der Waals surface area contributed by atoms with Crippen LogP contribution in [0, 0.1) is 6.92 Å². The van der Waals surface area contributed by atoms with E-state index in [9.17, 15) is 19.2 Å². The Morgan fingerprint density at radius 1 is 1.00 bits per heavy atom. The second-order valence-electron chi connectivity index (χ2n) is 7.81. The lowest BCUT2D eigenvalue weighted by Crippen LogP contribution is -2.43. The van der Waals surface area contributed by atoms with Gasteiger partial charge in [-0.25, -0.2) is 9.59 Å². The Morgan fingerprint density at radius 3 is 2.29 bits per heavy atom. The number of Topliss-reactive ketones (excluding diaryl/α,β-unsaturated/α-hetero) is 1. The molecule has 4 aromatic rings. The van der Waals surface area contributed by atoms with E-state index in [-0.39, 0.29) is 29.4 Å². The molecule has 4 rings (SSSR count). The summed E-state index contributed by atoms with van der Waals surface area (Å²) >= 11 is 0. The summed E-state index contributed by atoms with van der Waals surface area (Å²) in [6.07, 6.45) is 0. The summed E-state index contributed by atoms with van der Waals surface area (Å²) in [4.78, 5) is 51.1. The van der Waals surface area contributed by atoms with Crippen LogP contribution in [0.1, 0.15) is 32.0 Å². The van der Waals surface area contributed by atoms with Crippen LogP contribution < -0.4 is 17.0 Å². The van der Waals surface area contributed by atoms with Gasteiger partial charge in [0.25, 0.3) is 5.56 Å². The van der Waals surface area contributed by atoms with Crippen molar-refractivity contribution in [1.82, 2.24) is 14.3 Å². The highest BCUT2D eigenvalue weighted by Crippen LogP contribution is 2.25. The SMILES string of the molecule is Cc1onc(-c2ccccc2)c1C(=O)OCC(=O)c1c(N)n(Cc2ccccc2)c(=O)n(C)c1=O. The Kier molecular flexibility index (Phi) is 6.45. The summed E-state index contributed by atoms with van der Waals surface area (Å²) in [5.41, 5.74) is 5.84. The number of carbonyl (C=O) groups excluding carboxylic acids is 2. The van der Waals surface area contributed by atoms with Crippen LogP contribution in [0.5, 0.6) is 0 Å². The number of hydrogen-bond acceptors (Lipinski definition) is 8. The van der Waals surface area contributed by atoms with Crippen molar-refractivity contribution in [2.75, 3.05) is 12.3 Å². The molecule has 10 nitrogen and oxygen atoms in total. The maximum Gasteiger partial charge on any atom is 0.344 e. The van der Waals surface area contributed by atoms with Gasteiger partial charge in [-0.1, -0.05) is 65.8 Å². The van der Waals surface area contributed by atoms with Gasteiger partial charge in [-0.05, 0) is 12.5 Å². The second kappa shape index (κ2) is 9.64. The van der Waals surface area contributed by atoms with Crippen LogP contribution in [0.15, 0.2) is 74.8 Å². The first-order valence-electron chi connectivity index (χ1n) is 10.6. The molecule has 0 aliphatic heterocycles. The molecular weight excluding hydrogens is 452 g/mol. The number of hydrogen-bond donors (Lipinski definition) is 1. The number of nitrogens with two attached hydrogens (primary N) is 1. The number of aromatic nitrogens is 3. The van der Waals surface area contributed by atoms with Crippen LogP contribution >= 0.6 is 0 Å². The normalized spacial score (nSPS) is 10.8. The van der Waals surface area contributed by atoms with Gasteiger partial charge in [0.15, 0.2) is 6.61 Å². The molecule has 0 aliphatic carbocycles. The van der Waals surface area contributed by atoms with Gasteiger partial charge in [-0.3, -0.25) is 18.7 Å². The molecule has 10 heteroatoms. The number of carbonyl (C=O) groups is 2. The number of aryl methyl sites for hydroxylation is 1. The Labute approximate surface area is 199 Å². The maximum absolute atomic E-state index is 12.9. The first-order chi connectivity index (χ1) is 16.8. The van der Waals surface area contributed by atoms with Crippen LogP contribution in [-0.4, -0.2) is 32.7 Å². The predicted molar refractivity (Wildman–Crippen MR) is 127 cm³/mol. The summed E-state index contributed by atoms with van der Waals surface area (Å²) in [7, 11) is 1.25. The number of ketones is 1. The fraction of sp³-hybridized carbons (Fsp3) is 0.160. The smallest absolute Gasteiger partial charge is 0.344 e. The minimum Gasteiger partial charge on any atom is -0.454 e. The van der Waals surface area contributed by atoms with Crippen molar-refractivity contribution in [1.29, 1.82) is 0 Å². The number of anilines is 1. The van der Waals surface area contributed by atoms with E-state index in [1.807, 2.05) is 12.1 Å². The fourth-order valence-corrected chi connectivity index (χ4v) is 3.65. The summed E-state index contributed by atoms with van der Waals surface area (Å²) < 4.78 is 12.3. The molecule has 35 heavy (non-hydrogen) atoms. The molecule has 2 aromatic carbocycles. The minimum atomic E-state index is -0.871. The van der Waals surface area contributed by atoms with E-state index in [0.717, 1.165) is 14.7 Å². The number of esters is 1. The van der Waals surface area contributed by atoms with Gasteiger partial charge in [-0.15, -0.1) is 0 Å². The van der Waals surface area contributed by atoms with Gasteiger partial charge in [-0.2, -0.15) is 0 Å². The molecule has 0 aliphatic rings. The summed E-state index contributed by atoms with van der Waals surface area (Å²) in [5.74, 6) is -1.76. The molecule has 0 fully saturated rings. The third kappa shape index (κ3) is 4.54. The number of rotatable bonds is 7. The molecule has 2 aromatic heterocycles. The fourth-order valence-electron chi connectivity index (χ4n) is 3.65. The van der Waals surface area contributed by atoms with Gasteiger partial charge < -0.3 is 15.0 Å². The monoisotopic (exact) mass is 474 g/mol. The third-order valence-electron chi connectivity index (χ3n) is 5.49. The van der Waals surface area contributed by atoms with E-state index in [1.54, 1.807) is 55.5 Å². The number of benzene rings is 2. The molecule has 0 unspecified atom stereocenters. The zero-order chi connectivity index (χ0) is 25.1. The summed E-state index contributed by atoms with van der Waals surface area (Å²) in [6.45, 7) is 0.839. The van der Waals surface area contributed by atoms with Crippen LogP contribution in [0.4, 0.5) is 5.82 Å². The molecule has 2 N–H and O–H groups in total. The topological polar surface area (TPSA) is 139 Å². The van der Waals surface area contributed by atoms with Crippen molar-refractivity contribution in [2.45, 2.75) is 13.5 Å². The van der Waals surface area contributed by atoms with Crippen molar-refractivity contribution in [3.8, 4) is 11.3 Å². The van der Waals surface area contributed by atoms with Crippen LogP contribution in [-0.2, 0) is 18.3 Å². The van der Waals surface area contributed by atoms with E-state index in [2.05, 4.69) is 5.16 Å². The molecule has 0 bridgehead atoms. The van der Waals surface area contributed by atoms with Crippen LogP contribution in [0.2, 0.25) is 0 Å². The molecule has 0 saturated carbocycles. The van der Waals surface area contributed by atoms with E-state index in [4.69, 9.17) is 15.0 Å². The van der Waals surface area contributed by atoms with Crippen molar-refractivity contribution in [3.63, 3.8) is 0 Å². The van der Waals surface area contributed by atoms with Crippen LogP contribution in [0.3, 0.4) is 0 Å². The second-order valence-corrected chi connectivity index (χ2v) is 7.81. The maximum atomic E-state index is 12.9. The van der Waals surface area contributed by atoms with Gasteiger partial charge in [0, 0.05) is 12.6 Å². The largest absolute Gasteiger partial charge is 0.454 e. The average molecular weight is 474 g/mol. The number of nitrogens with zero attached hydrogens (tertiary/aromatic N) is 3. The Morgan fingerprint density at radius 2 is 1.63 bits per heavy atom. The zero-order valence-electron chi connectivity index (χ0n) is 19.1. The van der Waals surface area contributed by atoms with Crippen LogP contribution in [0.25, 0.3) is 11.3 Å². The predicted octanol–water partition coefficient (Wildman–Crippen LogP) is 2.18. The molecule has 0 atom stereocenters. The van der Waals surface area contributed by atoms with Crippen molar-refractivity contribution in [2.24, 2.45) is 7.05 Å². The lowest BCUT2D eigenvalue weighted by molar-refractivity contribution is 0.0473. The summed E-state index contributed by atoms with van der Waals surface area (Å²) in [5, 5.41) is 3.92. The van der Waals surface area contributed by atoms with Gasteiger partial charge >= 0.3 is 11.7 Å². The molecule has 178 valence electrons. The molecular formula is C25H22N4O6. The van der Waals surface area contributed by atoms with Crippen molar-refractivity contribution < 1.29 is 18.8 Å².